The van der Waals surface area contributed by atoms with Gasteiger partial charge in [0.05, 0.1) is 0 Å². The average Bonchev–Trinajstić information content (AvgIpc) is 2.73. The summed E-state index contributed by atoms with van der Waals surface area (Å²) < 4.78 is 2.03. The lowest BCUT2D eigenvalue weighted by molar-refractivity contribution is 0.790. The van der Waals surface area contributed by atoms with E-state index in [1.807, 2.05) is 24.0 Å². The number of hydrogen-bond donors (Lipinski definition) is 1. The first-order chi connectivity index (χ1) is 7.79. The van der Waals surface area contributed by atoms with Crippen LogP contribution in [0.15, 0.2) is 41.8 Å². The number of nitrogens with zero attached hydrogens (tertiary/aromatic N) is 2. The third-order valence-corrected chi connectivity index (χ3v) is 3.53. The molecule has 2 rings (SSSR count). The van der Waals surface area contributed by atoms with E-state index in [0.717, 1.165) is 10.9 Å². The Kier molecular flexibility index (Phi) is 3.64. The Hall–Kier alpha value is -1.26. The predicted octanol–water partition coefficient (Wildman–Crippen LogP) is 2.17. The fourth-order valence-electron chi connectivity index (χ4n) is 1.41. The fourth-order valence-corrected chi connectivity index (χ4v) is 2.30. The van der Waals surface area contributed by atoms with E-state index in [2.05, 4.69) is 29.2 Å². The molecule has 4 heteroatoms. The molecule has 0 unspecified atom stereocenters. The lowest BCUT2D eigenvalue weighted by Crippen LogP contribution is -1.96. The highest BCUT2D eigenvalue weighted by Gasteiger charge is 2.00. The molecule has 1 heterocycles. The first kappa shape index (κ1) is 11.2. The van der Waals surface area contributed by atoms with Gasteiger partial charge in [0.15, 0.2) is 5.16 Å². The van der Waals surface area contributed by atoms with Crippen LogP contribution in [0.2, 0.25) is 0 Å². The number of aryl methyl sites for hydroxylation is 1. The van der Waals surface area contributed by atoms with Crippen LogP contribution in [0.1, 0.15) is 11.1 Å². The molecule has 0 atom stereocenters. The summed E-state index contributed by atoms with van der Waals surface area (Å²) in [6.45, 7) is 0.604. The molecule has 0 aliphatic rings. The molecule has 2 aromatic rings. The molecule has 3 nitrogen and oxygen atoms in total. The molecule has 0 bridgehead atoms. The zero-order valence-corrected chi connectivity index (χ0v) is 10.1. The minimum atomic E-state index is 0.604. The molecular weight excluding hydrogens is 218 g/mol. The number of imidazole rings is 1. The second-order valence-electron chi connectivity index (χ2n) is 3.63. The van der Waals surface area contributed by atoms with Gasteiger partial charge in [0.1, 0.15) is 0 Å². The van der Waals surface area contributed by atoms with Crippen molar-refractivity contribution in [1.82, 2.24) is 9.55 Å². The monoisotopic (exact) mass is 233 g/mol. The Labute approximate surface area is 99.7 Å². The van der Waals surface area contributed by atoms with Crippen molar-refractivity contribution < 1.29 is 0 Å². The Balaban J connectivity index is 1.97. The van der Waals surface area contributed by atoms with Crippen molar-refractivity contribution >= 4 is 11.8 Å². The van der Waals surface area contributed by atoms with E-state index in [1.165, 1.54) is 11.1 Å². The summed E-state index contributed by atoms with van der Waals surface area (Å²) in [6.07, 6.45) is 3.78. The van der Waals surface area contributed by atoms with Crippen LogP contribution >= 0.6 is 11.8 Å². The molecule has 1 aromatic carbocycles. The number of nitrogens with two attached hydrogens (primary N) is 1. The molecule has 0 amide bonds. The second kappa shape index (κ2) is 5.18. The van der Waals surface area contributed by atoms with Gasteiger partial charge in [-0.3, -0.25) is 0 Å². The molecule has 1 aromatic heterocycles. The molecule has 0 saturated carbocycles. The summed E-state index contributed by atoms with van der Waals surface area (Å²) in [5, 5.41) is 1.04. The van der Waals surface area contributed by atoms with Gasteiger partial charge in [0.25, 0.3) is 0 Å². The van der Waals surface area contributed by atoms with Gasteiger partial charge in [0, 0.05) is 31.7 Å². The van der Waals surface area contributed by atoms with Crippen LogP contribution in [0.3, 0.4) is 0 Å². The highest BCUT2D eigenvalue weighted by molar-refractivity contribution is 7.98. The van der Waals surface area contributed by atoms with Crippen molar-refractivity contribution in [1.29, 1.82) is 0 Å². The maximum Gasteiger partial charge on any atom is 0.167 e. The van der Waals surface area contributed by atoms with Crippen molar-refractivity contribution in [3.05, 3.63) is 47.8 Å². The van der Waals surface area contributed by atoms with Gasteiger partial charge in [-0.25, -0.2) is 4.98 Å². The normalized spacial score (nSPS) is 10.6. The van der Waals surface area contributed by atoms with Crippen LogP contribution in [0.25, 0.3) is 0 Å². The summed E-state index contributed by atoms with van der Waals surface area (Å²) in [7, 11) is 2.01. The molecule has 0 aliphatic heterocycles. The molecule has 0 aliphatic carbocycles. The van der Waals surface area contributed by atoms with E-state index in [1.54, 1.807) is 11.8 Å². The molecular formula is C12H15N3S. The molecule has 0 saturated heterocycles. The van der Waals surface area contributed by atoms with Gasteiger partial charge >= 0.3 is 0 Å². The van der Waals surface area contributed by atoms with Crippen LogP contribution in [-0.2, 0) is 19.3 Å². The van der Waals surface area contributed by atoms with Crippen molar-refractivity contribution in [3.63, 3.8) is 0 Å². The summed E-state index contributed by atoms with van der Waals surface area (Å²) >= 11 is 1.74. The third kappa shape index (κ3) is 2.65. The van der Waals surface area contributed by atoms with Gasteiger partial charge in [0.2, 0.25) is 0 Å². The van der Waals surface area contributed by atoms with E-state index >= 15 is 0 Å². The smallest absolute Gasteiger partial charge is 0.167 e. The van der Waals surface area contributed by atoms with Crippen molar-refractivity contribution in [3.8, 4) is 0 Å². The minimum absolute atomic E-state index is 0.604. The molecule has 16 heavy (non-hydrogen) atoms. The van der Waals surface area contributed by atoms with Crippen molar-refractivity contribution in [2.24, 2.45) is 12.8 Å². The maximum absolute atomic E-state index is 5.55. The second-order valence-corrected chi connectivity index (χ2v) is 4.57. The summed E-state index contributed by atoms with van der Waals surface area (Å²) in [5.41, 5.74) is 8.02. The van der Waals surface area contributed by atoms with Gasteiger partial charge < -0.3 is 10.3 Å². The topological polar surface area (TPSA) is 43.8 Å². The first-order valence-electron chi connectivity index (χ1n) is 5.17. The largest absolute Gasteiger partial charge is 0.329 e. The number of thioether (sulfide) groups is 1. The van der Waals surface area contributed by atoms with Gasteiger partial charge in [-0.15, -0.1) is 0 Å². The average molecular weight is 233 g/mol. The number of aromatic nitrogens is 2. The van der Waals surface area contributed by atoms with Crippen molar-refractivity contribution in [2.45, 2.75) is 17.5 Å². The predicted molar refractivity (Wildman–Crippen MR) is 67.1 cm³/mol. The van der Waals surface area contributed by atoms with E-state index in [4.69, 9.17) is 5.73 Å². The molecule has 0 radical (unpaired) electrons. The fraction of sp³-hybridized carbons (Fsp3) is 0.250. The van der Waals surface area contributed by atoms with Crippen molar-refractivity contribution in [2.75, 3.05) is 0 Å². The molecule has 2 N–H and O–H groups in total. The van der Waals surface area contributed by atoms with Gasteiger partial charge in [-0.05, 0) is 11.1 Å². The van der Waals surface area contributed by atoms with E-state index < -0.39 is 0 Å². The maximum atomic E-state index is 5.55. The summed E-state index contributed by atoms with van der Waals surface area (Å²) in [4.78, 5) is 4.27. The number of benzene rings is 1. The van der Waals surface area contributed by atoms with Gasteiger partial charge in [-0.2, -0.15) is 0 Å². The lowest BCUT2D eigenvalue weighted by Gasteiger charge is -2.03. The summed E-state index contributed by atoms with van der Waals surface area (Å²) in [6, 6.07) is 8.40. The van der Waals surface area contributed by atoms with Crippen LogP contribution in [-0.4, -0.2) is 9.55 Å². The van der Waals surface area contributed by atoms with Crippen LogP contribution in [0.4, 0.5) is 0 Å². The Bertz CT molecular complexity index is 448. The number of rotatable bonds is 4. The zero-order chi connectivity index (χ0) is 11.4. The SMILES string of the molecule is Cn1ccnc1SCc1ccc(CN)cc1. The lowest BCUT2D eigenvalue weighted by atomic mass is 10.1. The zero-order valence-electron chi connectivity index (χ0n) is 9.26. The Morgan fingerprint density at radius 2 is 1.94 bits per heavy atom. The number of hydrogen-bond acceptors (Lipinski definition) is 3. The Morgan fingerprint density at radius 1 is 1.25 bits per heavy atom. The Morgan fingerprint density at radius 3 is 2.50 bits per heavy atom. The molecule has 0 fully saturated rings. The van der Waals surface area contributed by atoms with E-state index in [0.29, 0.717) is 6.54 Å². The molecule has 0 spiro atoms. The van der Waals surface area contributed by atoms with E-state index in [9.17, 15) is 0 Å². The summed E-state index contributed by atoms with van der Waals surface area (Å²) in [5.74, 6) is 0.940. The highest BCUT2D eigenvalue weighted by atomic mass is 32.2. The molecule has 84 valence electrons. The van der Waals surface area contributed by atoms with E-state index in [-0.39, 0.29) is 0 Å². The van der Waals surface area contributed by atoms with Gasteiger partial charge in [-0.1, -0.05) is 36.0 Å². The standard InChI is InChI=1S/C12H15N3S/c1-15-7-6-14-12(15)16-9-11-4-2-10(8-13)3-5-11/h2-7H,8-9,13H2,1H3. The van der Waals surface area contributed by atoms with Crippen LogP contribution < -0.4 is 5.73 Å². The van der Waals surface area contributed by atoms with Crippen LogP contribution in [0, 0.1) is 0 Å². The third-order valence-electron chi connectivity index (χ3n) is 2.40. The minimum Gasteiger partial charge on any atom is -0.329 e. The highest BCUT2D eigenvalue weighted by Crippen LogP contribution is 2.20. The quantitative estimate of drug-likeness (QED) is 0.823. The first-order valence-corrected chi connectivity index (χ1v) is 6.16. The van der Waals surface area contributed by atoms with Crippen LogP contribution in [0.5, 0.6) is 0 Å².